The van der Waals surface area contributed by atoms with Crippen LogP contribution in [0.2, 0.25) is 0 Å². The first-order valence-electron chi connectivity index (χ1n) is 9.52. The quantitative estimate of drug-likeness (QED) is 0.260. The van der Waals surface area contributed by atoms with Crippen LogP contribution < -0.4 is 19.6 Å². The third-order valence-electron chi connectivity index (χ3n) is 4.18. The van der Waals surface area contributed by atoms with E-state index in [0.717, 1.165) is 11.1 Å². The molecule has 0 saturated heterocycles. The second-order valence-corrected chi connectivity index (χ2v) is 6.48. The Morgan fingerprint density at radius 3 is 2.32 bits per heavy atom. The van der Waals surface area contributed by atoms with Gasteiger partial charge in [0.15, 0.2) is 18.1 Å². The summed E-state index contributed by atoms with van der Waals surface area (Å²) in [4.78, 5) is 23.1. The lowest BCUT2D eigenvalue weighted by Crippen LogP contribution is -2.24. The topological polar surface area (TPSA) is 86.2 Å². The first-order chi connectivity index (χ1) is 15.0. The summed E-state index contributed by atoms with van der Waals surface area (Å²) in [7, 11) is 1.47. The molecule has 0 aromatic heterocycles. The Balaban J connectivity index is 1.50. The molecule has 0 aliphatic heterocycles. The first kappa shape index (κ1) is 21.6. The van der Waals surface area contributed by atoms with Gasteiger partial charge in [0.2, 0.25) is 0 Å². The maximum Gasteiger partial charge on any atom is 0.308 e. The Hall–Kier alpha value is -4.13. The van der Waals surface area contributed by atoms with Gasteiger partial charge >= 0.3 is 5.97 Å². The smallest absolute Gasteiger partial charge is 0.308 e. The highest BCUT2D eigenvalue weighted by atomic mass is 16.6. The maximum absolute atomic E-state index is 12.0. The molecule has 0 spiro atoms. The number of benzene rings is 3. The molecule has 0 heterocycles. The highest BCUT2D eigenvalue weighted by molar-refractivity contribution is 5.84. The summed E-state index contributed by atoms with van der Waals surface area (Å²) >= 11 is 0. The van der Waals surface area contributed by atoms with Gasteiger partial charge in [0.1, 0.15) is 5.75 Å². The van der Waals surface area contributed by atoms with Crippen molar-refractivity contribution in [3.05, 3.63) is 78.4 Å². The number of nitrogens with one attached hydrogen (secondary N) is 1. The van der Waals surface area contributed by atoms with Crippen molar-refractivity contribution in [1.82, 2.24) is 5.43 Å². The summed E-state index contributed by atoms with van der Waals surface area (Å²) in [6, 6.07) is 22.4. The van der Waals surface area contributed by atoms with E-state index in [2.05, 4.69) is 10.5 Å². The van der Waals surface area contributed by atoms with Crippen molar-refractivity contribution in [2.75, 3.05) is 13.7 Å². The predicted molar refractivity (Wildman–Crippen MR) is 117 cm³/mol. The molecule has 3 rings (SSSR count). The summed E-state index contributed by atoms with van der Waals surface area (Å²) < 4.78 is 15.7. The fourth-order valence-corrected chi connectivity index (χ4v) is 2.74. The average molecular weight is 418 g/mol. The van der Waals surface area contributed by atoms with Crippen molar-refractivity contribution in [2.45, 2.75) is 6.92 Å². The SMILES string of the molecule is COc1cc(C=NNC(=O)COc2ccc(-c3ccccc3)cc2)ccc1OC(C)=O. The van der Waals surface area contributed by atoms with Gasteiger partial charge in [-0.3, -0.25) is 9.59 Å². The largest absolute Gasteiger partial charge is 0.493 e. The molecule has 7 heteroatoms. The summed E-state index contributed by atoms with van der Waals surface area (Å²) in [6.45, 7) is 1.14. The third-order valence-corrected chi connectivity index (χ3v) is 4.18. The number of hydrogen-bond acceptors (Lipinski definition) is 6. The molecule has 0 atom stereocenters. The molecule has 7 nitrogen and oxygen atoms in total. The number of hydrazone groups is 1. The summed E-state index contributed by atoms with van der Waals surface area (Å²) in [5.41, 5.74) is 5.24. The fourth-order valence-electron chi connectivity index (χ4n) is 2.74. The van der Waals surface area contributed by atoms with Crippen molar-refractivity contribution >= 4 is 18.1 Å². The zero-order chi connectivity index (χ0) is 22.1. The third kappa shape index (κ3) is 6.43. The summed E-state index contributed by atoms with van der Waals surface area (Å²) in [5, 5.41) is 3.91. The minimum atomic E-state index is -0.443. The van der Waals surface area contributed by atoms with Crippen LogP contribution in [-0.4, -0.2) is 31.8 Å². The van der Waals surface area contributed by atoms with Gasteiger partial charge in [-0.25, -0.2) is 5.43 Å². The minimum absolute atomic E-state index is 0.170. The molecule has 0 radical (unpaired) electrons. The number of nitrogens with zero attached hydrogens (tertiary/aromatic N) is 1. The van der Waals surface area contributed by atoms with Gasteiger partial charge in [-0.15, -0.1) is 0 Å². The van der Waals surface area contributed by atoms with Crippen LogP contribution in [0.15, 0.2) is 77.9 Å². The van der Waals surface area contributed by atoms with Crippen LogP contribution in [0.4, 0.5) is 0 Å². The molecule has 0 saturated carbocycles. The molecule has 3 aromatic carbocycles. The predicted octanol–water partition coefficient (Wildman–Crippen LogP) is 3.82. The van der Waals surface area contributed by atoms with E-state index < -0.39 is 11.9 Å². The fraction of sp³-hybridized carbons (Fsp3) is 0.125. The molecule has 0 fully saturated rings. The van der Waals surface area contributed by atoms with Crippen molar-refractivity contribution < 1.29 is 23.8 Å². The standard InChI is InChI=1S/C24H22N2O5/c1-17(27)31-22-13-8-18(14-23(22)29-2)15-25-26-24(28)16-30-21-11-9-20(10-12-21)19-6-4-3-5-7-19/h3-15H,16H2,1-2H3,(H,26,28). The average Bonchev–Trinajstić information content (AvgIpc) is 2.79. The van der Waals surface area contributed by atoms with Gasteiger partial charge in [0, 0.05) is 6.92 Å². The van der Waals surface area contributed by atoms with Crippen LogP contribution in [-0.2, 0) is 9.59 Å². The zero-order valence-corrected chi connectivity index (χ0v) is 17.2. The summed E-state index contributed by atoms with van der Waals surface area (Å²) in [5.74, 6) is 0.439. The van der Waals surface area contributed by atoms with Gasteiger partial charge in [-0.2, -0.15) is 5.10 Å². The molecule has 3 aromatic rings. The first-order valence-corrected chi connectivity index (χ1v) is 9.52. The minimum Gasteiger partial charge on any atom is -0.493 e. The Bertz CT molecular complexity index is 1060. The van der Waals surface area contributed by atoms with Crippen molar-refractivity contribution in [3.63, 3.8) is 0 Å². The highest BCUT2D eigenvalue weighted by Gasteiger charge is 2.07. The highest BCUT2D eigenvalue weighted by Crippen LogP contribution is 2.27. The van der Waals surface area contributed by atoms with E-state index in [4.69, 9.17) is 14.2 Å². The van der Waals surface area contributed by atoms with E-state index in [1.165, 1.54) is 20.2 Å². The number of carbonyl (C=O) groups is 2. The lowest BCUT2D eigenvalue weighted by atomic mass is 10.1. The number of carbonyl (C=O) groups excluding carboxylic acids is 2. The van der Waals surface area contributed by atoms with E-state index in [0.29, 0.717) is 22.8 Å². The molecule has 1 amide bonds. The van der Waals surface area contributed by atoms with E-state index >= 15 is 0 Å². The molecular formula is C24H22N2O5. The normalized spacial score (nSPS) is 10.5. The Morgan fingerprint density at radius 1 is 0.935 bits per heavy atom. The number of rotatable bonds is 8. The number of amides is 1. The lowest BCUT2D eigenvalue weighted by molar-refractivity contribution is -0.132. The van der Waals surface area contributed by atoms with Crippen LogP contribution in [0, 0.1) is 0 Å². The van der Waals surface area contributed by atoms with Crippen molar-refractivity contribution in [3.8, 4) is 28.4 Å². The van der Waals surface area contributed by atoms with Crippen LogP contribution in [0.25, 0.3) is 11.1 Å². The molecule has 158 valence electrons. The molecule has 31 heavy (non-hydrogen) atoms. The molecule has 1 N–H and O–H groups in total. The Kier molecular flexibility index (Phi) is 7.37. The van der Waals surface area contributed by atoms with Gasteiger partial charge in [0.05, 0.1) is 13.3 Å². The molecule has 0 unspecified atom stereocenters. The molecule has 0 bridgehead atoms. The summed E-state index contributed by atoms with van der Waals surface area (Å²) in [6.07, 6.45) is 1.45. The number of esters is 1. The van der Waals surface area contributed by atoms with Crippen LogP contribution in [0.1, 0.15) is 12.5 Å². The van der Waals surface area contributed by atoms with Crippen LogP contribution in [0.3, 0.4) is 0 Å². The van der Waals surface area contributed by atoms with Crippen molar-refractivity contribution in [2.24, 2.45) is 5.10 Å². The van der Waals surface area contributed by atoms with Crippen LogP contribution >= 0.6 is 0 Å². The van der Waals surface area contributed by atoms with Gasteiger partial charge < -0.3 is 14.2 Å². The maximum atomic E-state index is 12.0. The van der Waals surface area contributed by atoms with E-state index in [-0.39, 0.29) is 6.61 Å². The van der Waals surface area contributed by atoms with Gasteiger partial charge in [-0.05, 0) is 47.0 Å². The number of methoxy groups -OCH3 is 1. The van der Waals surface area contributed by atoms with E-state index in [9.17, 15) is 9.59 Å². The molecule has 0 aliphatic carbocycles. The lowest BCUT2D eigenvalue weighted by Gasteiger charge is -2.08. The van der Waals surface area contributed by atoms with Crippen molar-refractivity contribution in [1.29, 1.82) is 0 Å². The second-order valence-electron chi connectivity index (χ2n) is 6.48. The zero-order valence-electron chi connectivity index (χ0n) is 17.2. The monoisotopic (exact) mass is 418 g/mol. The second kappa shape index (κ2) is 10.6. The van der Waals surface area contributed by atoms with E-state index in [1.807, 2.05) is 54.6 Å². The van der Waals surface area contributed by atoms with E-state index in [1.54, 1.807) is 18.2 Å². The molecular weight excluding hydrogens is 396 g/mol. The Labute approximate surface area is 180 Å². The molecule has 0 aliphatic rings. The van der Waals surface area contributed by atoms with Crippen LogP contribution in [0.5, 0.6) is 17.2 Å². The van der Waals surface area contributed by atoms with Gasteiger partial charge in [-0.1, -0.05) is 42.5 Å². The number of ether oxygens (including phenoxy) is 3. The van der Waals surface area contributed by atoms with Gasteiger partial charge in [0.25, 0.3) is 5.91 Å². The number of hydrogen-bond donors (Lipinski definition) is 1. The Morgan fingerprint density at radius 2 is 1.65 bits per heavy atom.